The largest absolute Gasteiger partial charge is 0.495 e. The molecule has 0 atom stereocenters. The Bertz CT molecular complexity index is 513. The lowest BCUT2D eigenvalue weighted by Gasteiger charge is -2.27. The summed E-state index contributed by atoms with van der Waals surface area (Å²) in [6.45, 7) is 2.38. The van der Waals surface area contributed by atoms with Gasteiger partial charge in [0.1, 0.15) is 5.75 Å². The standard InChI is InChI=1S/C13H14ClNO3/c1-8-6-10(12(18-2)7-9(8)14)15-5-3-4-11(16)13(15)17/h6-7H,3-5H2,1-2H3. The van der Waals surface area contributed by atoms with E-state index in [9.17, 15) is 9.59 Å². The number of ketones is 1. The summed E-state index contributed by atoms with van der Waals surface area (Å²) in [4.78, 5) is 24.8. The zero-order valence-corrected chi connectivity index (χ0v) is 11.1. The van der Waals surface area contributed by atoms with Crippen molar-refractivity contribution >= 4 is 29.0 Å². The third kappa shape index (κ3) is 2.20. The van der Waals surface area contributed by atoms with E-state index in [1.165, 1.54) is 12.0 Å². The van der Waals surface area contributed by atoms with E-state index in [4.69, 9.17) is 16.3 Å². The summed E-state index contributed by atoms with van der Waals surface area (Å²) >= 11 is 6.02. The van der Waals surface area contributed by atoms with Crippen molar-refractivity contribution in [1.29, 1.82) is 0 Å². The Balaban J connectivity index is 2.46. The number of hydrogen-bond acceptors (Lipinski definition) is 3. The number of carbonyl (C=O) groups excluding carboxylic acids is 2. The predicted molar refractivity (Wildman–Crippen MR) is 69.3 cm³/mol. The van der Waals surface area contributed by atoms with Crippen molar-refractivity contribution in [2.75, 3.05) is 18.6 Å². The van der Waals surface area contributed by atoms with Crippen molar-refractivity contribution in [3.05, 3.63) is 22.7 Å². The maximum atomic E-state index is 11.9. The number of nitrogens with zero attached hydrogens (tertiary/aromatic N) is 1. The van der Waals surface area contributed by atoms with Crippen LogP contribution in [-0.2, 0) is 9.59 Å². The van der Waals surface area contributed by atoms with Crippen LogP contribution in [0.5, 0.6) is 5.75 Å². The molecule has 1 amide bonds. The van der Waals surface area contributed by atoms with Gasteiger partial charge in [-0.15, -0.1) is 0 Å². The molecule has 1 saturated heterocycles. The third-order valence-corrected chi connectivity index (χ3v) is 3.43. The fraction of sp³-hybridized carbons (Fsp3) is 0.385. The van der Waals surface area contributed by atoms with Gasteiger partial charge >= 0.3 is 0 Å². The molecule has 2 rings (SSSR count). The van der Waals surface area contributed by atoms with Crippen LogP contribution in [0.15, 0.2) is 12.1 Å². The second-order valence-electron chi connectivity index (χ2n) is 4.26. The highest BCUT2D eigenvalue weighted by Crippen LogP contribution is 2.35. The first kappa shape index (κ1) is 12.9. The number of ether oxygens (including phenoxy) is 1. The fourth-order valence-electron chi connectivity index (χ4n) is 2.01. The first-order chi connectivity index (χ1) is 8.54. The molecular weight excluding hydrogens is 254 g/mol. The van der Waals surface area contributed by atoms with Crippen molar-refractivity contribution in [2.24, 2.45) is 0 Å². The summed E-state index contributed by atoms with van der Waals surface area (Å²) in [7, 11) is 1.51. The molecule has 0 spiro atoms. The number of piperidine rings is 1. The van der Waals surface area contributed by atoms with Gasteiger partial charge < -0.3 is 9.64 Å². The summed E-state index contributed by atoms with van der Waals surface area (Å²) in [5.74, 6) is -0.314. The molecule has 0 saturated carbocycles. The van der Waals surface area contributed by atoms with E-state index in [0.717, 1.165) is 5.56 Å². The number of rotatable bonds is 2. The van der Waals surface area contributed by atoms with Gasteiger partial charge in [-0.25, -0.2) is 0 Å². The number of hydrogen-bond donors (Lipinski definition) is 0. The van der Waals surface area contributed by atoms with Crippen LogP contribution in [0.4, 0.5) is 5.69 Å². The number of benzene rings is 1. The number of anilines is 1. The topological polar surface area (TPSA) is 46.6 Å². The molecule has 1 aliphatic heterocycles. The smallest absolute Gasteiger partial charge is 0.294 e. The molecule has 0 aliphatic carbocycles. The number of aryl methyl sites for hydroxylation is 1. The summed E-state index contributed by atoms with van der Waals surface area (Å²) < 4.78 is 5.23. The van der Waals surface area contributed by atoms with Crippen LogP contribution < -0.4 is 9.64 Å². The average Bonchev–Trinajstić information content (AvgIpc) is 2.36. The zero-order chi connectivity index (χ0) is 13.3. The van der Waals surface area contributed by atoms with Gasteiger partial charge in [0.2, 0.25) is 5.78 Å². The minimum Gasteiger partial charge on any atom is -0.495 e. The molecule has 0 aromatic heterocycles. The predicted octanol–water partition coefficient (Wildman–Crippen LogP) is 2.35. The molecule has 0 N–H and O–H groups in total. The second kappa shape index (κ2) is 4.98. The van der Waals surface area contributed by atoms with E-state index in [2.05, 4.69) is 0 Å². The first-order valence-corrected chi connectivity index (χ1v) is 6.11. The fourth-order valence-corrected chi connectivity index (χ4v) is 2.16. The quantitative estimate of drug-likeness (QED) is 0.773. The number of amides is 1. The molecule has 1 heterocycles. The van der Waals surface area contributed by atoms with E-state index in [0.29, 0.717) is 35.8 Å². The second-order valence-corrected chi connectivity index (χ2v) is 4.66. The lowest BCUT2D eigenvalue weighted by Crippen LogP contribution is -2.41. The molecule has 1 fully saturated rings. The minimum absolute atomic E-state index is 0.324. The van der Waals surface area contributed by atoms with Crippen molar-refractivity contribution in [3.8, 4) is 5.75 Å². The van der Waals surface area contributed by atoms with Crippen molar-refractivity contribution < 1.29 is 14.3 Å². The highest BCUT2D eigenvalue weighted by atomic mass is 35.5. The van der Waals surface area contributed by atoms with Gasteiger partial charge in [-0.2, -0.15) is 0 Å². The van der Waals surface area contributed by atoms with Gasteiger partial charge in [0.15, 0.2) is 0 Å². The molecule has 1 aromatic rings. The third-order valence-electron chi connectivity index (χ3n) is 3.02. The van der Waals surface area contributed by atoms with Crippen LogP contribution in [0.1, 0.15) is 18.4 Å². The molecule has 1 aromatic carbocycles. The Morgan fingerprint density at radius 3 is 2.72 bits per heavy atom. The average molecular weight is 268 g/mol. The molecule has 5 heteroatoms. The van der Waals surface area contributed by atoms with E-state index >= 15 is 0 Å². The molecule has 0 bridgehead atoms. The van der Waals surface area contributed by atoms with Crippen LogP contribution in [0.3, 0.4) is 0 Å². The van der Waals surface area contributed by atoms with E-state index in [-0.39, 0.29) is 5.78 Å². The zero-order valence-electron chi connectivity index (χ0n) is 10.3. The Morgan fingerprint density at radius 1 is 1.33 bits per heavy atom. The van der Waals surface area contributed by atoms with Gasteiger partial charge in [0.25, 0.3) is 5.91 Å². The molecule has 4 nitrogen and oxygen atoms in total. The van der Waals surface area contributed by atoms with Crippen molar-refractivity contribution in [2.45, 2.75) is 19.8 Å². The molecular formula is C13H14ClNO3. The summed E-state index contributed by atoms with van der Waals surface area (Å²) in [5, 5.41) is 0.575. The van der Waals surface area contributed by atoms with Gasteiger partial charge in [-0.05, 0) is 25.0 Å². The summed E-state index contributed by atoms with van der Waals surface area (Å²) in [6.07, 6.45) is 1.000. The van der Waals surface area contributed by atoms with E-state index < -0.39 is 5.91 Å². The Kier molecular flexibility index (Phi) is 3.57. The Labute approximate surface area is 110 Å². The summed E-state index contributed by atoms with van der Waals surface area (Å²) in [6, 6.07) is 3.44. The number of Topliss-reactive ketones (excluding diaryl/α,β-unsaturated/α-hetero) is 1. The first-order valence-electron chi connectivity index (χ1n) is 5.73. The SMILES string of the molecule is COc1cc(Cl)c(C)cc1N1CCCC(=O)C1=O. The molecule has 96 valence electrons. The van der Waals surface area contributed by atoms with Gasteiger partial charge in [0.05, 0.1) is 12.8 Å². The molecule has 18 heavy (non-hydrogen) atoms. The van der Waals surface area contributed by atoms with Gasteiger partial charge in [-0.3, -0.25) is 9.59 Å². The Hall–Kier alpha value is -1.55. The lowest BCUT2D eigenvalue weighted by atomic mass is 10.1. The molecule has 1 aliphatic rings. The van der Waals surface area contributed by atoms with Crippen LogP contribution in [0.25, 0.3) is 0 Å². The Morgan fingerprint density at radius 2 is 2.06 bits per heavy atom. The van der Waals surface area contributed by atoms with Gasteiger partial charge in [0, 0.05) is 24.1 Å². The van der Waals surface area contributed by atoms with Crippen LogP contribution in [-0.4, -0.2) is 25.3 Å². The monoisotopic (exact) mass is 267 g/mol. The summed E-state index contributed by atoms with van der Waals surface area (Å²) in [5.41, 5.74) is 1.45. The number of methoxy groups -OCH3 is 1. The minimum atomic E-state index is -0.471. The van der Waals surface area contributed by atoms with Crippen molar-refractivity contribution in [3.63, 3.8) is 0 Å². The van der Waals surface area contributed by atoms with Crippen LogP contribution in [0, 0.1) is 6.92 Å². The van der Waals surface area contributed by atoms with Gasteiger partial charge in [-0.1, -0.05) is 11.6 Å². The van der Waals surface area contributed by atoms with Crippen molar-refractivity contribution in [1.82, 2.24) is 0 Å². The maximum Gasteiger partial charge on any atom is 0.294 e. The number of halogens is 1. The van der Waals surface area contributed by atoms with Crippen LogP contribution >= 0.6 is 11.6 Å². The highest BCUT2D eigenvalue weighted by Gasteiger charge is 2.29. The molecule has 0 radical (unpaired) electrons. The molecule has 0 unspecified atom stereocenters. The maximum absolute atomic E-state index is 11.9. The van der Waals surface area contributed by atoms with E-state index in [1.54, 1.807) is 12.1 Å². The van der Waals surface area contributed by atoms with E-state index in [1.807, 2.05) is 6.92 Å². The normalized spacial score (nSPS) is 16.1. The lowest BCUT2D eigenvalue weighted by molar-refractivity contribution is -0.137. The number of carbonyl (C=O) groups is 2. The highest BCUT2D eigenvalue weighted by molar-refractivity contribution is 6.42. The van der Waals surface area contributed by atoms with Crippen LogP contribution in [0.2, 0.25) is 5.02 Å².